The Kier molecular flexibility index (Phi) is 5.40. The van der Waals surface area contributed by atoms with Gasteiger partial charge in [0.05, 0.1) is 0 Å². The molecule has 3 rings (SSSR count). The highest BCUT2D eigenvalue weighted by atomic mass is 16.6. The normalized spacial score (nSPS) is 26.8. The van der Waals surface area contributed by atoms with Crippen LogP contribution in [0.1, 0.15) is 81.6 Å². The summed E-state index contributed by atoms with van der Waals surface area (Å²) >= 11 is 0. The van der Waals surface area contributed by atoms with Crippen LogP contribution in [0.2, 0.25) is 0 Å². The maximum absolute atomic E-state index is 13.2. The minimum absolute atomic E-state index is 0.0596. The summed E-state index contributed by atoms with van der Waals surface area (Å²) in [5, 5.41) is 0. The van der Waals surface area contributed by atoms with E-state index in [0.717, 1.165) is 43.2 Å². The van der Waals surface area contributed by atoms with Crippen LogP contribution >= 0.6 is 0 Å². The fourth-order valence-electron chi connectivity index (χ4n) is 4.40. The summed E-state index contributed by atoms with van der Waals surface area (Å²) in [6, 6.07) is 7.88. The third-order valence-electron chi connectivity index (χ3n) is 5.59. The first-order chi connectivity index (χ1) is 12.3. The maximum Gasteiger partial charge on any atom is 0.410 e. The molecule has 0 saturated carbocycles. The third-order valence-corrected chi connectivity index (χ3v) is 5.59. The van der Waals surface area contributed by atoms with Crippen LogP contribution in [0.25, 0.3) is 0 Å². The van der Waals surface area contributed by atoms with Gasteiger partial charge in [0.25, 0.3) is 0 Å². The van der Waals surface area contributed by atoms with E-state index in [4.69, 9.17) is 4.74 Å². The summed E-state index contributed by atoms with van der Waals surface area (Å²) in [6.45, 7) is 8.54. The molecule has 3 atom stereocenters. The van der Waals surface area contributed by atoms with Gasteiger partial charge in [0.1, 0.15) is 5.60 Å². The van der Waals surface area contributed by atoms with Gasteiger partial charge >= 0.3 is 6.09 Å². The average molecular weight is 357 g/mol. The van der Waals surface area contributed by atoms with Crippen molar-refractivity contribution in [3.8, 4) is 0 Å². The van der Waals surface area contributed by atoms with Crippen LogP contribution < -0.4 is 0 Å². The molecule has 0 aromatic heterocycles. The third kappa shape index (κ3) is 3.94. The minimum atomic E-state index is -0.523. The van der Waals surface area contributed by atoms with Gasteiger partial charge in [0.15, 0.2) is 5.78 Å². The number of likely N-dealkylation sites (tertiary alicyclic amines) is 1. The summed E-state index contributed by atoms with van der Waals surface area (Å²) < 4.78 is 5.66. The summed E-state index contributed by atoms with van der Waals surface area (Å²) in [5.41, 5.74) is 1.46. The van der Waals surface area contributed by atoms with Crippen LogP contribution in [0.3, 0.4) is 0 Å². The van der Waals surface area contributed by atoms with Crippen molar-refractivity contribution < 1.29 is 14.3 Å². The highest BCUT2D eigenvalue weighted by molar-refractivity contribution is 6.01. The molecule has 0 spiro atoms. The Morgan fingerprint density at radius 3 is 2.62 bits per heavy atom. The number of carbonyl (C=O) groups is 2. The number of fused-ring (bicyclic) bond motifs is 1. The fourth-order valence-corrected chi connectivity index (χ4v) is 4.40. The molecule has 142 valence electrons. The second-order valence-electron chi connectivity index (χ2n) is 8.79. The number of hydrogen-bond donors (Lipinski definition) is 0. The summed E-state index contributed by atoms with van der Waals surface area (Å²) in [4.78, 5) is 27.9. The molecule has 1 aromatic carbocycles. The number of ketones is 1. The van der Waals surface area contributed by atoms with Gasteiger partial charge in [-0.1, -0.05) is 44.0 Å². The number of Topliss-reactive ketones (excluding diaryl/α,β-unsaturated/α-hetero) is 1. The summed E-state index contributed by atoms with van der Waals surface area (Å²) in [6.07, 6.45) is 4.54. The lowest BCUT2D eigenvalue weighted by molar-refractivity contribution is 0.00959. The topological polar surface area (TPSA) is 46.6 Å². The average Bonchev–Trinajstić information content (AvgIpc) is 2.82. The van der Waals surface area contributed by atoms with E-state index in [1.807, 2.05) is 43.9 Å². The Labute approximate surface area is 156 Å². The van der Waals surface area contributed by atoms with Crippen LogP contribution in [0, 0.1) is 5.92 Å². The van der Waals surface area contributed by atoms with Crippen molar-refractivity contribution in [2.75, 3.05) is 6.54 Å². The molecule has 1 heterocycles. The second kappa shape index (κ2) is 7.42. The molecule has 1 aliphatic heterocycles. The Morgan fingerprint density at radius 1 is 1.15 bits per heavy atom. The van der Waals surface area contributed by atoms with Gasteiger partial charge in [-0.25, -0.2) is 4.79 Å². The number of rotatable bonds is 1. The van der Waals surface area contributed by atoms with E-state index in [-0.39, 0.29) is 23.8 Å². The zero-order valence-corrected chi connectivity index (χ0v) is 16.5. The Morgan fingerprint density at radius 2 is 1.88 bits per heavy atom. The maximum atomic E-state index is 13.2. The molecule has 26 heavy (non-hydrogen) atoms. The van der Waals surface area contributed by atoms with Gasteiger partial charge in [-0.2, -0.15) is 0 Å². The Balaban J connectivity index is 1.89. The number of benzene rings is 1. The molecule has 0 N–H and O–H groups in total. The zero-order chi connectivity index (χ0) is 18.9. The predicted octanol–water partition coefficient (Wildman–Crippen LogP) is 5.17. The molecule has 4 nitrogen and oxygen atoms in total. The lowest BCUT2D eigenvalue weighted by Crippen LogP contribution is -2.49. The number of ether oxygens (including phenoxy) is 1. The van der Waals surface area contributed by atoms with Gasteiger partial charge < -0.3 is 9.64 Å². The first-order valence-electron chi connectivity index (χ1n) is 9.90. The Hall–Kier alpha value is -1.84. The number of amides is 1. The molecule has 0 radical (unpaired) electrons. The minimum Gasteiger partial charge on any atom is -0.444 e. The fraction of sp³-hybridized carbons (Fsp3) is 0.636. The molecule has 1 aromatic rings. The van der Waals surface area contributed by atoms with Gasteiger partial charge in [-0.3, -0.25) is 4.79 Å². The first kappa shape index (κ1) is 18.9. The molecule has 2 aliphatic rings. The van der Waals surface area contributed by atoms with Crippen LogP contribution in [-0.2, 0) is 4.74 Å². The quantitative estimate of drug-likeness (QED) is 0.696. The van der Waals surface area contributed by atoms with Gasteiger partial charge in [-0.15, -0.1) is 0 Å². The number of nitrogens with zero attached hydrogens (tertiary/aromatic N) is 1. The van der Waals surface area contributed by atoms with E-state index >= 15 is 0 Å². The smallest absolute Gasteiger partial charge is 0.410 e. The van der Waals surface area contributed by atoms with Crippen LogP contribution in [0.4, 0.5) is 4.79 Å². The van der Waals surface area contributed by atoms with E-state index < -0.39 is 5.60 Å². The zero-order valence-electron chi connectivity index (χ0n) is 16.5. The number of hydrogen-bond acceptors (Lipinski definition) is 3. The molecule has 1 saturated heterocycles. The monoisotopic (exact) mass is 357 g/mol. The van der Waals surface area contributed by atoms with E-state index in [1.54, 1.807) is 0 Å². The predicted molar refractivity (Wildman–Crippen MR) is 102 cm³/mol. The number of carbonyl (C=O) groups excluding carboxylic acids is 2. The highest BCUT2D eigenvalue weighted by Gasteiger charge is 2.41. The molecular weight excluding hydrogens is 326 g/mol. The van der Waals surface area contributed by atoms with Crippen LogP contribution in [0.5, 0.6) is 0 Å². The van der Waals surface area contributed by atoms with Crippen molar-refractivity contribution in [3.63, 3.8) is 0 Å². The molecule has 1 amide bonds. The van der Waals surface area contributed by atoms with E-state index in [9.17, 15) is 9.59 Å². The van der Waals surface area contributed by atoms with Crippen LogP contribution in [0.15, 0.2) is 24.3 Å². The second-order valence-corrected chi connectivity index (χ2v) is 8.79. The highest BCUT2D eigenvalue weighted by Crippen LogP contribution is 2.39. The van der Waals surface area contributed by atoms with E-state index in [2.05, 4.69) is 13.0 Å². The van der Waals surface area contributed by atoms with Crippen LogP contribution in [-0.4, -0.2) is 35.0 Å². The summed E-state index contributed by atoms with van der Waals surface area (Å²) in [5.74, 6) is 0.391. The van der Waals surface area contributed by atoms with Gasteiger partial charge in [-0.05, 0) is 51.5 Å². The largest absolute Gasteiger partial charge is 0.444 e. The SMILES string of the molecule is CC1CC(C2CCCCCN2C(=O)OC(C)(C)C)C(=O)c2ccccc21. The van der Waals surface area contributed by atoms with Crippen molar-refractivity contribution in [3.05, 3.63) is 35.4 Å². The van der Waals surface area contributed by atoms with Crippen molar-refractivity contribution >= 4 is 11.9 Å². The summed E-state index contributed by atoms with van der Waals surface area (Å²) in [7, 11) is 0. The van der Waals surface area contributed by atoms with Gasteiger partial charge in [0.2, 0.25) is 0 Å². The lowest BCUT2D eigenvalue weighted by Gasteiger charge is -2.39. The van der Waals surface area contributed by atoms with Gasteiger partial charge in [0, 0.05) is 24.1 Å². The molecule has 1 fully saturated rings. The van der Waals surface area contributed by atoms with E-state index in [0.29, 0.717) is 12.5 Å². The molecular formula is C22H31NO3. The molecule has 0 bridgehead atoms. The van der Waals surface area contributed by atoms with Crippen molar-refractivity contribution in [1.29, 1.82) is 0 Å². The van der Waals surface area contributed by atoms with Crippen molar-refractivity contribution in [2.24, 2.45) is 5.92 Å². The van der Waals surface area contributed by atoms with E-state index in [1.165, 1.54) is 0 Å². The molecule has 1 aliphatic carbocycles. The molecule has 4 heteroatoms. The lowest BCUT2D eigenvalue weighted by atomic mass is 9.73. The molecule has 3 unspecified atom stereocenters. The first-order valence-corrected chi connectivity index (χ1v) is 9.90. The standard InChI is InChI=1S/C22H31NO3/c1-15-14-18(20(24)17-11-8-7-10-16(15)17)19-12-6-5-9-13-23(19)21(25)26-22(2,3)4/h7-8,10-11,15,18-19H,5-6,9,12-14H2,1-4H3. The Bertz CT molecular complexity index is 676. The van der Waals surface area contributed by atoms with Crippen molar-refractivity contribution in [1.82, 2.24) is 4.90 Å². The van der Waals surface area contributed by atoms with Crippen molar-refractivity contribution in [2.45, 2.75) is 77.4 Å².